The number of nitrogens with zero attached hydrogens (tertiary/aromatic N) is 2. The zero-order valence-corrected chi connectivity index (χ0v) is 23.8. The summed E-state index contributed by atoms with van der Waals surface area (Å²) >= 11 is 12.7. The first-order chi connectivity index (χ1) is 17.2. The van der Waals surface area contributed by atoms with E-state index in [1.807, 2.05) is 45.0 Å². The highest BCUT2D eigenvalue weighted by atomic mass is 35.5. The topological polar surface area (TPSA) is 86.8 Å². The molecule has 3 aromatic carbocycles. The van der Waals surface area contributed by atoms with Gasteiger partial charge in [0, 0.05) is 34.7 Å². The Morgan fingerprint density at radius 1 is 0.946 bits per heavy atom. The minimum absolute atomic E-state index is 0.0695. The number of rotatable bonds is 8. The highest BCUT2D eigenvalue weighted by molar-refractivity contribution is 7.89. The van der Waals surface area contributed by atoms with Crippen LogP contribution in [0.4, 0.5) is 0 Å². The van der Waals surface area contributed by atoms with Crippen LogP contribution in [0.25, 0.3) is 10.8 Å². The first-order valence-electron chi connectivity index (χ1n) is 11.7. The lowest BCUT2D eigenvalue weighted by Gasteiger charge is -2.32. The third-order valence-corrected chi connectivity index (χ3v) is 8.35. The molecule has 0 fully saturated rings. The minimum Gasteiger partial charge on any atom is -0.350 e. The first-order valence-corrected chi connectivity index (χ1v) is 13.9. The third kappa shape index (κ3) is 7.02. The molecule has 3 rings (SSSR count). The molecule has 0 saturated heterocycles. The Hall–Kier alpha value is -2.65. The van der Waals surface area contributed by atoms with E-state index in [-0.39, 0.29) is 17.3 Å². The lowest BCUT2D eigenvalue weighted by molar-refractivity contribution is -0.141. The molecule has 198 valence electrons. The largest absolute Gasteiger partial charge is 0.350 e. The Labute approximate surface area is 228 Å². The molecular weight excluding hydrogens is 533 g/mol. The quantitative estimate of drug-likeness (QED) is 0.413. The van der Waals surface area contributed by atoms with Crippen molar-refractivity contribution in [1.82, 2.24) is 14.5 Å². The Bertz CT molecular complexity index is 1400. The van der Waals surface area contributed by atoms with Gasteiger partial charge >= 0.3 is 0 Å². The molecular formula is C27H31Cl2N3O4S. The van der Waals surface area contributed by atoms with Gasteiger partial charge in [-0.25, -0.2) is 8.42 Å². The van der Waals surface area contributed by atoms with E-state index in [0.717, 1.165) is 15.1 Å². The average molecular weight is 565 g/mol. The van der Waals surface area contributed by atoms with Crippen LogP contribution in [0.5, 0.6) is 0 Å². The number of halogens is 2. The van der Waals surface area contributed by atoms with Gasteiger partial charge in [-0.05, 0) is 62.7 Å². The van der Waals surface area contributed by atoms with Crippen LogP contribution in [0.1, 0.15) is 33.3 Å². The number of amides is 2. The second-order valence-electron chi connectivity index (χ2n) is 9.91. The number of hydrogen-bond acceptors (Lipinski definition) is 4. The molecule has 1 N–H and O–H groups in total. The van der Waals surface area contributed by atoms with Crippen LogP contribution in [-0.2, 0) is 26.2 Å². The molecule has 37 heavy (non-hydrogen) atoms. The van der Waals surface area contributed by atoms with E-state index >= 15 is 0 Å². The van der Waals surface area contributed by atoms with Gasteiger partial charge in [0.1, 0.15) is 6.04 Å². The molecule has 7 nitrogen and oxygen atoms in total. The Morgan fingerprint density at radius 3 is 2.14 bits per heavy atom. The molecule has 0 bridgehead atoms. The standard InChI is InChI=1S/C27H31Cl2N3O4S/c1-18(26(34)30-27(2,3)4)32(16-22-23(28)11-8-12-24(22)29)25(33)17-31(5)37(35,36)21-14-13-19-9-6-7-10-20(19)15-21/h6-15,18H,16-17H2,1-5H3,(H,30,34). The SMILES string of the molecule is CC(C(=O)NC(C)(C)C)N(Cc1c(Cl)cccc1Cl)C(=O)CN(C)S(=O)(=O)c1ccc2ccccc2c1. The van der Waals surface area contributed by atoms with Gasteiger partial charge in [-0.1, -0.05) is 59.6 Å². The van der Waals surface area contributed by atoms with E-state index in [2.05, 4.69) is 5.32 Å². The Balaban J connectivity index is 1.90. The fraction of sp³-hybridized carbons (Fsp3) is 0.333. The predicted molar refractivity (Wildman–Crippen MR) is 148 cm³/mol. The average Bonchev–Trinajstić information content (AvgIpc) is 2.82. The van der Waals surface area contributed by atoms with E-state index in [4.69, 9.17) is 23.2 Å². The second kappa shape index (κ2) is 11.4. The summed E-state index contributed by atoms with van der Waals surface area (Å²) in [5, 5.41) is 5.22. The summed E-state index contributed by atoms with van der Waals surface area (Å²) in [6.45, 7) is 6.53. The van der Waals surface area contributed by atoms with Crippen LogP contribution < -0.4 is 5.32 Å². The molecule has 0 heterocycles. The fourth-order valence-electron chi connectivity index (χ4n) is 3.78. The van der Waals surface area contributed by atoms with Crippen molar-refractivity contribution in [2.75, 3.05) is 13.6 Å². The minimum atomic E-state index is -3.99. The fourth-order valence-corrected chi connectivity index (χ4v) is 5.46. The maximum atomic E-state index is 13.5. The van der Waals surface area contributed by atoms with Crippen molar-refractivity contribution in [1.29, 1.82) is 0 Å². The highest BCUT2D eigenvalue weighted by Gasteiger charge is 2.32. The molecule has 1 atom stereocenters. The van der Waals surface area contributed by atoms with E-state index in [1.165, 1.54) is 18.0 Å². The van der Waals surface area contributed by atoms with Crippen molar-refractivity contribution < 1.29 is 18.0 Å². The van der Waals surface area contributed by atoms with Gasteiger partial charge < -0.3 is 10.2 Å². The lowest BCUT2D eigenvalue weighted by atomic mass is 10.1. The van der Waals surface area contributed by atoms with E-state index in [9.17, 15) is 18.0 Å². The maximum absolute atomic E-state index is 13.5. The van der Waals surface area contributed by atoms with E-state index in [1.54, 1.807) is 37.3 Å². The summed E-state index contributed by atoms with van der Waals surface area (Å²) < 4.78 is 27.6. The maximum Gasteiger partial charge on any atom is 0.243 e. The number of carbonyl (C=O) groups is 2. The number of carbonyl (C=O) groups excluding carboxylic acids is 2. The number of hydrogen-bond donors (Lipinski definition) is 1. The van der Waals surface area contributed by atoms with Crippen molar-refractivity contribution in [2.45, 2.75) is 50.7 Å². The molecule has 1 unspecified atom stereocenters. The van der Waals surface area contributed by atoms with Gasteiger partial charge in [-0.15, -0.1) is 0 Å². The van der Waals surface area contributed by atoms with Crippen LogP contribution >= 0.6 is 23.2 Å². The third-order valence-electron chi connectivity index (χ3n) is 5.84. The molecule has 10 heteroatoms. The zero-order chi connectivity index (χ0) is 27.5. The summed E-state index contributed by atoms with van der Waals surface area (Å²) in [5.41, 5.74) is -0.0622. The Morgan fingerprint density at radius 2 is 1.54 bits per heavy atom. The Kier molecular flexibility index (Phi) is 8.90. The van der Waals surface area contributed by atoms with Crippen LogP contribution in [-0.4, -0.2) is 54.6 Å². The normalized spacial score (nSPS) is 13.0. The smallest absolute Gasteiger partial charge is 0.243 e. The number of benzene rings is 3. The first kappa shape index (κ1) is 28.9. The number of nitrogens with one attached hydrogen (secondary N) is 1. The zero-order valence-electron chi connectivity index (χ0n) is 21.5. The van der Waals surface area contributed by atoms with Gasteiger partial charge in [0.2, 0.25) is 21.8 Å². The molecule has 0 spiro atoms. The van der Waals surface area contributed by atoms with Crippen molar-refractivity contribution in [2.24, 2.45) is 0 Å². The van der Waals surface area contributed by atoms with E-state index < -0.39 is 34.1 Å². The second-order valence-corrected chi connectivity index (χ2v) is 12.8. The van der Waals surface area contributed by atoms with Crippen LogP contribution in [0.3, 0.4) is 0 Å². The van der Waals surface area contributed by atoms with Crippen molar-refractivity contribution in [3.8, 4) is 0 Å². The monoisotopic (exact) mass is 563 g/mol. The summed E-state index contributed by atoms with van der Waals surface area (Å²) in [6, 6.07) is 16.3. The number of fused-ring (bicyclic) bond motifs is 1. The molecule has 0 saturated carbocycles. The molecule has 0 aliphatic heterocycles. The molecule has 0 radical (unpaired) electrons. The summed E-state index contributed by atoms with van der Waals surface area (Å²) in [5.74, 6) is -0.955. The van der Waals surface area contributed by atoms with E-state index in [0.29, 0.717) is 15.6 Å². The van der Waals surface area contributed by atoms with Gasteiger partial charge in [-0.3, -0.25) is 9.59 Å². The van der Waals surface area contributed by atoms with Gasteiger partial charge in [0.05, 0.1) is 11.4 Å². The summed E-state index contributed by atoms with van der Waals surface area (Å²) in [4.78, 5) is 27.9. The van der Waals surface area contributed by atoms with Crippen LogP contribution in [0.2, 0.25) is 10.0 Å². The van der Waals surface area contributed by atoms with Gasteiger partial charge in [0.25, 0.3) is 0 Å². The molecule has 2 amide bonds. The van der Waals surface area contributed by atoms with Crippen molar-refractivity contribution >= 4 is 55.8 Å². The molecule has 0 aromatic heterocycles. The number of sulfonamides is 1. The summed E-state index contributed by atoms with van der Waals surface area (Å²) in [7, 11) is -2.65. The van der Waals surface area contributed by atoms with Gasteiger partial charge in [-0.2, -0.15) is 4.31 Å². The van der Waals surface area contributed by atoms with Gasteiger partial charge in [0.15, 0.2) is 0 Å². The molecule has 0 aliphatic rings. The van der Waals surface area contributed by atoms with Crippen LogP contribution in [0.15, 0.2) is 65.6 Å². The summed E-state index contributed by atoms with van der Waals surface area (Å²) in [6.07, 6.45) is 0. The predicted octanol–water partition coefficient (Wildman–Crippen LogP) is 5.10. The van der Waals surface area contributed by atoms with Crippen molar-refractivity contribution in [3.05, 3.63) is 76.3 Å². The molecule has 3 aromatic rings. The molecule has 0 aliphatic carbocycles. The number of likely N-dealkylation sites (N-methyl/N-ethyl adjacent to an activating group) is 1. The highest BCUT2D eigenvalue weighted by Crippen LogP contribution is 2.27. The lowest BCUT2D eigenvalue weighted by Crippen LogP contribution is -2.54. The van der Waals surface area contributed by atoms with Crippen molar-refractivity contribution in [3.63, 3.8) is 0 Å². The van der Waals surface area contributed by atoms with Crippen LogP contribution in [0, 0.1) is 0 Å².